The first-order valence-corrected chi connectivity index (χ1v) is 6.30. The average molecular weight is 244 g/mol. The lowest BCUT2D eigenvalue weighted by atomic mass is 10.2. The first-order valence-electron chi connectivity index (χ1n) is 5.76. The molecule has 0 saturated carbocycles. The van der Waals surface area contributed by atoms with Crippen LogP contribution in [0.25, 0.3) is 0 Å². The Bertz CT molecular complexity index is 247. The Hall–Kier alpha value is -0.730. The van der Waals surface area contributed by atoms with Crippen LogP contribution in [0, 0.1) is 0 Å². The van der Waals surface area contributed by atoms with Gasteiger partial charge in [-0.25, -0.2) is 0 Å². The third kappa shape index (κ3) is 7.55. The van der Waals surface area contributed by atoms with Crippen LogP contribution >= 0.6 is 11.6 Å². The number of nitrogens with one attached hydrogen (secondary N) is 1. The number of hydrogen-bond acceptors (Lipinski definition) is 2. The van der Waals surface area contributed by atoms with Crippen molar-refractivity contribution < 1.29 is 4.74 Å². The van der Waals surface area contributed by atoms with E-state index in [4.69, 9.17) is 16.3 Å². The molecule has 0 unspecified atom stereocenters. The van der Waals surface area contributed by atoms with Crippen molar-refractivity contribution in [2.24, 2.45) is 0 Å². The molecular weight excluding hydrogens is 222 g/mol. The third-order valence-corrected chi connectivity index (χ3v) is 2.20. The van der Waals surface area contributed by atoms with Crippen molar-refractivity contribution in [2.45, 2.75) is 26.7 Å². The van der Waals surface area contributed by atoms with Crippen LogP contribution < -0.4 is 10.1 Å². The number of benzene rings is 1. The predicted molar refractivity (Wildman–Crippen MR) is 71.4 cm³/mol. The van der Waals surface area contributed by atoms with E-state index in [9.17, 15) is 0 Å². The van der Waals surface area contributed by atoms with Gasteiger partial charge in [-0.2, -0.15) is 0 Å². The molecule has 0 heterocycles. The first-order chi connectivity index (χ1) is 7.78. The van der Waals surface area contributed by atoms with E-state index in [0.29, 0.717) is 12.5 Å². The van der Waals surface area contributed by atoms with Gasteiger partial charge in [0.15, 0.2) is 0 Å². The number of hydrogen-bond donors (Lipinski definition) is 1. The maximum Gasteiger partial charge on any atom is 0.119 e. The minimum atomic E-state index is 0.562. The SMILES string of the molecule is CCNCC.CCOc1ccc(CCl)cc1. The molecule has 1 rings (SSSR count). The molecule has 0 fully saturated rings. The molecule has 16 heavy (non-hydrogen) atoms. The zero-order chi connectivity index (χ0) is 12.2. The molecule has 0 aliphatic carbocycles. The Balaban J connectivity index is 0.000000385. The second-order valence-corrected chi connectivity index (χ2v) is 3.43. The van der Waals surface area contributed by atoms with E-state index in [1.807, 2.05) is 31.2 Å². The van der Waals surface area contributed by atoms with E-state index in [0.717, 1.165) is 24.4 Å². The highest BCUT2D eigenvalue weighted by molar-refractivity contribution is 6.17. The fourth-order valence-electron chi connectivity index (χ4n) is 1.09. The van der Waals surface area contributed by atoms with Crippen molar-refractivity contribution in [1.29, 1.82) is 0 Å². The summed E-state index contributed by atoms with van der Waals surface area (Å²) in [4.78, 5) is 0. The Morgan fingerprint density at radius 2 is 1.62 bits per heavy atom. The molecule has 0 aliphatic rings. The van der Waals surface area contributed by atoms with Gasteiger partial charge in [-0.15, -0.1) is 11.6 Å². The van der Waals surface area contributed by atoms with Crippen molar-refractivity contribution in [3.05, 3.63) is 29.8 Å². The lowest BCUT2D eigenvalue weighted by Gasteiger charge is -2.02. The van der Waals surface area contributed by atoms with Gasteiger partial charge in [-0.1, -0.05) is 26.0 Å². The van der Waals surface area contributed by atoms with Crippen LogP contribution in [0.1, 0.15) is 26.3 Å². The number of ether oxygens (including phenoxy) is 1. The smallest absolute Gasteiger partial charge is 0.119 e. The van der Waals surface area contributed by atoms with Crippen LogP contribution in [-0.4, -0.2) is 19.7 Å². The Morgan fingerprint density at radius 1 is 1.06 bits per heavy atom. The van der Waals surface area contributed by atoms with Gasteiger partial charge >= 0.3 is 0 Å². The fraction of sp³-hybridized carbons (Fsp3) is 0.538. The molecule has 1 aromatic carbocycles. The van der Waals surface area contributed by atoms with Gasteiger partial charge < -0.3 is 10.1 Å². The van der Waals surface area contributed by atoms with Crippen LogP contribution in [0.4, 0.5) is 0 Å². The predicted octanol–water partition coefficient (Wildman–Crippen LogP) is 3.44. The van der Waals surface area contributed by atoms with Crippen LogP contribution in [0.5, 0.6) is 5.75 Å². The monoisotopic (exact) mass is 243 g/mol. The second kappa shape index (κ2) is 10.8. The van der Waals surface area contributed by atoms with Crippen molar-refractivity contribution in [2.75, 3.05) is 19.7 Å². The van der Waals surface area contributed by atoms with E-state index < -0.39 is 0 Å². The van der Waals surface area contributed by atoms with Crippen molar-refractivity contribution in [3.63, 3.8) is 0 Å². The summed E-state index contributed by atoms with van der Waals surface area (Å²) in [5.41, 5.74) is 1.12. The molecule has 0 radical (unpaired) electrons. The molecule has 0 aliphatic heterocycles. The highest BCUT2D eigenvalue weighted by atomic mass is 35.5. The van der Waals surface area contributed by atoms with Crippen molar-refractivity contribution >= 4 is 11.6 Å². The summed E-state index contributed by atoms with van der Waals surface area (Å²) >= 11 is 5.62. The Labute approximate surface area is 104 Å². The van der Waals surface area contributed by atoms with Gasteiger partial charge in [0.2, 0.25) is 0 Å². The lowest BCUT2D eigenvalue weighted by molar-refractivity contribution is 0.340. The van der Waals surface area contributed by atoms with Crippen molar-refractivity contribution in [1.82, 2.24) is 5.32 Å². The van der Waals surface area contributed by atoms with Crippen LogP contribution in [-0.2, 0) is 5.88 Å². The summed E-state index contributed by atoms with van der Waals surface area (Å²) in [6, 6.07) is 7.80. The van der Waals surface area contributed by atoms with Gasteiger partial charge in [-0.05, 0) is 37.7 Å². The van der Waals surface area contributed by atoms with Gasteiger partial charge in [-0.3, -0.25) is 0 Å². The first kappa shape index (κ1) is 15.3. The van der Waals surface area contributed by atoms with E-state index in [2.05, 4.69) is 19.2 Å². The van der Waals surface area contributed by atoms with Crippen LogP contribution in [0.3, 0.4) is 0 Å². The zero-order valence-electron chi connectivity index (χ0n) is 10.4. The molecule has 2 nitrogen and oxygen atoms in total. The van der Waals surface area contributed by atoms with E-state index in [1.165, 1.54) is 0 Å². The average Bonchev–Trinajstić information content (AvgIpc) is 2.32. The molecule has 0 spiro atoms. The standard InChI is InChI=1S/C9H11ClO.C4H11N/c1-2-11-9-5-3-8(7-10)4-6-9;1-3-5-4-2/h3-6H,2,7H2,1H3;5H,3-4H2,1-2H3. The molecule has 1 aromatic rings. The molecule has 0 amide bonds. The lowest BCUT2D eigenvalue weighted by Crippen LogP contribution is -2.09. The van der Waals surface area contributed by atoms with Crippen LogP contribution in [0.2, 0.25) is 0 Å². The molecule has 92 valence electrons. The Morgan fingerprint density at radius 3 is 1.94 bits per heavy atom. The summed E-state index contributed by atoms with van der Waals surface area (Å²) in [7, 11) is 0. The zero-order valence-corrected chi connectivity index (χ0v) is 11.2. The maximum absolute atomic E-state index is 5.62. The highest BCUT2D eigenvalue weighted by Gasteiger charge is 1.91. The summed E-state index contributed by atoms with van der Waals surface area (Å²) in [6.45, 7) is 9.07. The normalized spacial score (nSPS) is 9.25. The fourth-order valence-corrected chi connectivity index (χ4v) is 1.27. The summed E-state index contributed by atoms with van der Waals surface area (Å²) in [5.74, 6) is 1.47. The molecular formula is C13H22ClNO. The maximum atomic E-state index is 5.62. The van der Waals surface area contributed by atoms with Gasteiger partial charge in [0.05, 0.1) is 6.61 Å². The van der Waals surface area contributed by atoms with E-state index in [-0.39, 0.29) is 0 Å². The summed E-state index contributed by atoms with van der Waals surface area (Å²) in [5, 5.41) is 3.11. The third-order valence-electron chi connectivity index (χ3n) is 1.89. The van der Waals surface area contributed by atoms with Crippen molar-refractivity contribution in [3.8, 4) is 5.75 Å². The molecule has 3 heteroatoms. The highest BCUT2D eigenvalue weighted by Crippen LogP contribution is 2.12. The van der Waals surface area contributed by atoms with Gasteiger partial charge in [0, 0.05) is 5.88 Å². The molecule has 0 saturated heterocycles. The number of alkyl halides is 1. The quantitative estimate of drug-likeness (QED) is 0.800. The topological polar surface area (TPSA) is 21.3 Å². The largest absolute Gasteiger partial charge is 0.494 e. The Kier molecular flexibility index (Phi) is 10.3. The minimum Gasteiger partial charge on any atom is -0.494 e. The summed E-state index contributed by atoms with van der Waals surface area (Å²) < 4.78 is 5.26. The van der Waals surface area contributed by atoms with Gasteiger partial charge in [0.1, 0.15) is 5.75 Å². The van der Waals surface area contributed by atoms with E-state index in [1.54, 1.807) is 0 Å². The van der Waals surface area contributed by atoms with Gasteiger partial charge in [0.25, 0.3) is 0 Å². The minimum absolute atomic E-state index is 0.562. The summed E-state index contributed by atoms with van der Waals surface area (Å²) in [6.07, 6.45) is 0. The number of halogens is 1. The van der Waals surface area contributed by atoms with E-state index >= 15 is 0 Å². The number of rotatable bonds is 5. The molecule has 1 N–H and O–H groups in total. The van der Waals surface area contributed by atoms with Crippen LogP contribution in [0.15, 0.2) is 24.3 Å². The molecule has 0 aromatic heterocycles. The molecule has 0 bridgehead atoms. The molecule has 0 atom stereocenters. The second-order valence-electron chi connectivity index (χ2n) is 3.17.